The van der Waals surface area contributed by atoms with Crippen molar-refractivity contribution in [3.05, 3.63) is 11.6 Å². The number of rotatable bonds is 6. The van der Waals surface area contributed by atoms with E-state index in [-0.39, 0.29) is 18.9 Å². The Kier molecular flexibility index (Phi) is 6.10. The van der Waals surface area contributed by atoms with Crippen LogP contribution in [0.3, 0.4) is 0 Å². The van der Waals surface area contributed by atoms with Crippen molar-refractivity contribution >= 4 is 6.47 Å². The van der Waals surface area contributed by atoms with Crippen LogP contribution in [0.5, 0.6) is 0 Å². The van der Waals surface area contributed by atoms with E-state index in [4.69, 9.17) is 0 Å². The minimum atomic E-state index is -2.34. The van der Waals surface area contributed by atoms with Crippen molar-refractivity contribution in [1.29, 1.82) is 0 Å². The van der Waals surface area contributed by atoms with E-state index in [1.54, 1.807) is 0 Å². The van der Waals surface area contributed by atoms with Crippen molar-refractivity contribution < 1.29 is 18.3 Å². The topological polar surface area (TPSA) is 26.3 Å². The average molecular weight is 192 g/mol. The summed E-state index contributed by atoms with van der Waals surface area (Å²) in [4.78, 5) is 9.78. The fraction of sp³-hybridized carbons (Fsp3) is 0.667. The summed E-state index contributed by atoms with van der Waals surface area (Å²) in [5.41, 5.74) is 0.622. The monoisotopic (exact) mass is 192 g/mol. The molecule has 2 nitrogen and oxygen atoms in total. The van der Waals surface area contributed by atoms with Gasteiger partial charge in [0.05, 0.1) is 0 Å². The minimum absolute atomic E-state index is 0.0595. The first kappa shape index (κ1) is 12.1. The first-order valence-corrected chi connectivity index (χ1v) is 4.10. The summed E-state index contributed by atoms with van der Waals surface area (Å²) in [6.45, 7) is 4.03. The summed E-state index contributed by atoms with van der Waals surface area (Å²) in [6.07, 6.45) is -1.06. The van der Waals surface area contributed by atoms with Gasteiger partial charge in [-0.05, 0) is 12.0 Å². The van der Waals surface area contributed by atoms with Crippen molar-refractivity contribution in [3.63, 3.8) is 0 Å². The van der Waals surface area contributed by atoms with Crippen LogP contribution >= 0.6 is 0 Å². The highest BCUT2D eigenvalue weighted by molar-refractivity contribution is 5.37. The van der Waals surface area contributed by atoms with E-state index >= 15 is 0 Å². The molecule has 4 heteroatoms. The summed E-state index contributed by atoms with van der Waals surface area (Å²) in [5.74, 6) is 0.0595. The predicted molar refractivity (Wildman–Crippen MR) is 45.6 cm³/mol. The van der Waals surface area contributed by atoms with Gasteiger partial charge >= 0.3 is 0 Å². The fourth-order valence-electron chi connectivity index (χ4n) is 0.927. The molecule has 0 aliphatic carbocycles. The van der Waals surface area contributed by atoms with Gasteiger partial charge in [-0.1, -0.05) is 19.4 Å². The Hall–Kier alpha value is -0.930. The maximum absolute atomic E-state index is 12.0. The van der Waals surface area contributed by atoms with Crippen molar-refractivity contribution in [2.75, 3.05) is 6.61 Å². The second-order valence-electron chi connectivity index (χ2n) is 2.96. The zero-order valence-electron chi connectivity index (χ0n) is 7.80. The van der Waals surface area contributed by atoms with Crippen LogP contribution in [0, 0.1) is 5.92 Å². The minimum Gasteiger partial charge on any atom is -0.464 e. The molecule has 13 heavy (non-hydrogen) atoms. The fourth-order valence-corrected chi connectivity index (χ4v) is 0.927. The molecule has 0 amide bonds. The second-order valence-corrected chi connectivity index (χ2v) is 2.96. The third-order valence-electron chi connectivity index (χ3n) is 1.64. The second kappa shape index (κ2) is 6.57. The zero-order valence-corrected chi connectivity index (χ0v) is 7.80. The number of hydrogen-bond donors (Lipinski definition) is 0. The largest absolute Gasteiger partial charge is 0.464 e. The van der Waals surface area contributed by atoms with Gasteiger partial charge in [-0.2, -0.15) is 0 Å². The smallest absolute Gasteiger partial charge is 0.293 e. The molecule has 0 rings (SSSR count). The molecule has 0 fully saturated rings. The number of hydrogen-bond acceptors (Lipinski definition) is 2. The molecular formula is C9H14F2O2. The highest BCUT2D eigenvalue weighted by atomic mass is 19.3. The van der Waals surface area contributed by atoms with E-state index in [1.807, 2.05) is 13.8 Å². The molecule has 0 spiro atoms. The predicted octanol–water partition coefficient (Wildman–Crippen LogP) is 2.40. The Morgan fingerprint density at radius 3 is 2.46 bits per heavy atom. The third kappa shape index (κ3) is 6.25. The van der Waals surface area contributed by atoms with E-state index in [1.165, 1.54) is 6.08 Å². The van der Waals surface area contributed by atoms with Gasteiger partial charge in [-0.15, -0.1) is 0 Å². The van der Waals surface area contributed by atoms with Crippen LogP contribution in [0.1, 0.15) is 20.3 Å². The molecule has 0 aliphatic rings. The van der Waals surface area contributed by atoms with E-state index in [0.29, 0.717) is 12.0 Å². The van der Waals surface area contributed by atoms with Crippen molar-refractivity contribution in [3.8, 4) is 0 Å². The van der Waals surface area contributed by atoms with E-state index in [0.717, 1.165) is 0 Å². The SMILES string of the molecule is CC(C)/C(=C/COC=O)CC(F)F. The van der Waals surface area contributed by atoms with Gasteiger partial charge in [0.25, 0.3) is 6.47 Å². The molecule has 0 aromatic rings. The average Bonchev–Trinajstić information content (AvgIpc) is 2.02. The Morgan fingerprint density at radius 2 is 2.08 bits per heavy atom. The van der Waals surface area contributed by atoms with Gasteiger partial charge < -0.3 is 4.74 Å². The number of allylic oxidation sites excluding steroid dienone is 1. The lowest BCUT2D eigenvalue weighted by atomic mass is 10.0. The van der Waals surface area contributed by atoms with Crippen molar-refractivity contribution in [2.45, 2.75) is 26.7 Å². The van der Waals surface area contributed by atoms with Gasteiger partial charge in [0.2, 0.25) is 6.43 Å². The summed E-state index contributed by atoms with van der Waals surface area (Å²) >= 11 is 0. The standard InChI is InChI=1S/C9H14F2O2/c1-7(2)8(5-9(10)11)3-4-13-6-12/h3,6-7,9H,4-5H2,1-2H3/b8-3+. The van der Waals surface area contributed by atoms with Crippen LogP contribution in [0.25, 0.3) is 0 Å². The molecule has 0 aromatic heterocycles. The van der Waals surface area contributed by atoms with Crippen molar-refractivity contribution in [2.24, 2.45) is 5.92 Å². The molecule has 0 radical (unpaired) electrons. The van der Waals surface area contributed by atoms with Gasteiger partial charge in [0, 0.05) is 6.42 Å². The van der Waals surface area contributed by atoms with Gasteiger partial charge in [0.15, 0.2) is 0 Å². The number of carbonyl (C=O) groups is 1. The van der Waals surface area contributed by atoms with E-state index < -0.39 is 6.43 Å². The summed E-state index contributed by atoms with van der Waals surface area (Å²) in [5, 5.41) is 0. The molecule has 0 heterocycles. The molecule has 0 bridgehead atoms. The highest BCUT2D eigenvalue weighted by Crippen LogP contribution is 2.17. The molecule has 0 N–H and O–H groups in total. The number of halogens is 2. The molecular weight excluding hydrogens is 178 g/mol. The Morgan fingerprint density at radius 1 is 1.46 bits per heavy atom. The van der Waals surface area contributed by atoms with Gasteiger partial charge in [-0.25, -0.2) is 8.78 Å². The van der Waals surface area contributed by atoms with Crippen molar-refractivity contribution in [1.82, 2.24) is 0 Å². The first-order chi connectivity index (χ1) is 6.07. The molecule has 0 unspecified atom stereocenters. The summed E-state index contributed by atoms with van der Waals surface area (Å²) < 4.78 is 28.4. The number of alkyl halides is 2. The number of ether oxygens (including phenoxy) is 1. The molecule has 0 atom stereocenters. The lowest BCUT2D eigenvalue weighted by Gasteiger charge is -2.10. The Labute approximate surface area is 76.6 Å². The molecule has 0 aliphatic heterocycles. The Bertz CT molecular complexity index is 176. The Balaban J connectivity index is 4.06. The van der Waals surface area contributed by atoms with Crippen LogP contribution in [0.15, 0.2) is 11.6 Å². The van der Waals surface area contributed by atoms with Crippen LogP contribution in [0.2, 0.25) is 0 Å². The normalized spacial score (nSPS) is 12.3. The van der Waals surface area contributed by atoms with E-state index in [9.17, 15) is 13.6 Å². The summed E-state index contributed by atoms with van der Waals surface area (Å²) in [6, 6.07) is 0. The van der Waals surface area contributed by atoms with Gasteiger partial charge in [-0.3, -0.25) is 4.79 Å². The van der Waals surface area contributed by atoms with Crippen LogP contribution in [0.4, 0.5) is 8.78 Å². The maximum atomic E-state index is 12.0. The lowest BCUT2D eigenvalue weighted by Crippen LogP contribution is -2.02. The third-order valence-corrected chi connectivity index (χ3v) is 1.64. The summed E-state index contributed by atoms with van der Waals surface area (Å²) in [7, 11) is 0. The van der Waals surface area contributed by atoms with Crippen LogP contribution < -0.4 is 0 Å². The number of carbonyl (C=O) groups excluding carboxylic acids is 1. The zero-order chi connectivity index (χ0) is 10.3. The molecule has 0 aromatic carbocycles. The first-order valence-electron chi connectivity index (χ1n) is 4.10. The van der Waals surface area contributed by atoms with Crippen LogP contribution in [-0.2, 0) is 9.53 Å². The van der Waals surface area contributed by atoms with Gasteiger partial charge in [0.1, 0.15) is 6.61 Å². The van der Waals surface area contributed by atoms with E-state index in [2.05, 4.69) is 4.74 Å². The quantitative estimate of drug-likeness (QED) is 0.367. The highest BCUT2D eigenvalue weighted by Gasteiger charge is 2.10. The maximum Gasteiger partial charge on any atom is 0.293 e. The lowest BCUT2D eigenvalue weighted by molar-refractivity contribution is -0.127. The molecule has 0 saturated carbocycles. The molecule has 76 valence electrons. The van der Waals surface area contributed by atoms with Crippen LogP contribution in [-0.4, -0.2) is 19.5 Å². The molecule has 0 saturated heterocycles.